The van der Waals surface area contributed by atoms with E-state index in [4.69, 9.17) is 0 Å². The second kappa shape index (κ2) is 21.9. The molecule has 1 N–H and O–H groups in total. The molecule has 6 aromatic carbocycles. The molecule has 5 heteroatoms. The SMILES string of the molecule is CC(=O)C(O)C(Cc1ccccc1)N(Cc1ccccc1)Cc1ccccc1.CC(C#N)C(Cc1ccccc1)N(Cc1ccccc1)Cc1ccccc1. The molecule has 0 amide bonds. The normalized spacial score (nSPS) is 13.2. The van der Waals surface area contributed by atoms with Gasteiger partial charge in [0.25, 0.3) is 0 Å². The Morgan fingerprint density at radius 1 is 0.491 bits per heavy atom. The number of hydrogen-bond donors (Lipinski definition) is 1. The van der Waals surface area contributed by atoms with Crippen molar-refractivity contribution in [3.63, 3.8) is 0 Å². The number of aliphatic hydroxyl groups excluding tert-OH is 1. The highest BCUT2D eigenvalue weighted by Crippen LogP contribution is 2.23. The second-order valence-electron chi connectivity index (χ2n) is 14.2. The molecule has 0 fully saturated rings. The third kappa shape index (κ3) is 13.3. The van der Waals surface area contributed by atoms with Crippen molar-refractivity contribution in [1.29, 1.82) is 5.26 Å². The largest absolute Gasteiger partial charge is 0.384 e. The van der Waals surface area contributed by atoms with Crippen LogP contribution < -0.4 is 0 Å². The van der Waals surface area contributed by atoms with E-state index in [2.05, 4.69) is 113 Å². The number of carbonyl (C=O) groups excluding carboxylic acids is 1. The summed E-state index contributed by atoms with van der Waals surface area (Å²) in [6.45, 7) is 6.50. The fourth-order valence-corrected chi connectivity index (χ4v) is 6.98. The summed E-state index contributed by atoms with van der Waals surface area (Å²) in [5.41, 5.74) is 7.25. The highest BCUT2D eigenvalue weighted by molar-refractivity contribution is 5.81. The van der Waals surface area contributed by atoms with Gasteiger partial charge >= 0.3 is 0 Å². The maximum atomic E-state index is 12.1. The lowest BCUT2D eigenvalue weighted by Crippen LogP contribution is -2.47. The van der Waals surface area contributed by atoms with Crippen LogP contribution in [0.2, 0.25) is 0 Å². The van der Waals surface area contributed by atoms with Gasteiger partial charge in [0.05, 0.1) is 12.0 Å². The van der Waals surface area contributed by atoms with Crippen LogP contribution >= 0.6 is 0 Å². The number of benzene rings is 6. The molecule has 5 nitrogen and oxygen atoms in total. The van der Waals surface area contributed by atoms with E-state index in [1.807, 2.05) is 91.9 Å². The molecule has 6 rings (SSSR count). The summed E-state index contributed by atoms with van der Waals surface area (Å²) in [4.78, 5) is 16.8. The molecule has 4 unspecified atom stereocenters. The van der Waals surface area contributed by atoms with E-state index in [-0.39, 0.29) is 23.8 Å². The van der Waals surface area contributed by atoms with E-state index in [1.165, 1.54) is 23.6 Å². The zero-order valence-electron chi connectivity index (χ0n) is 32.1. The molecular weight excluding hydrogens is 675 g/mol. The molecule has 55 heavy (non-hydrogen) atoms. The van der Waals surface area contributed by atoms with Gasteiger partial charge in [0.1, 0.15) is 6.10 Å². The third-order valence-electron chi connectivity index (χ3n) is 9.99. The Morgan fingerprint density at radius 2 is 0.745 bits per heavy atom. The van der Waals surface area contributed by atoms with E-state index in [0.29, 0.717) is 19.5 Å². The van der Waals surface area contributed by atoms with Crippen LogP contribution in [0.3, 0.4) is 0 Å². The highest BCUT2D eigenvalue weighted by Gasteiger charge is 2.30. The Hall–Kier alpha value is -5.64. The van der Waals surface area contributed by atoms with Crippen LogP contribution in [0.5, 0.6) is 0 Å². The molecule has 0 saturated carbocycles. The van der Waals surface area contributed by atoms with Gasteiger partial charge in [-0.15, -0.1) is 0 Å². The lowest BCUT2D eigenvalue weighted by Gasteiger charge is -2.34. The summed E-state index contributed by atoms with van der Waals surface area (Å²) in [5.74, 6) is -0.260. The van der Waals surface area contributed by atoms with Crippen molar-refractivity contribution in [2.24, 2.45) is 5.92 Å². The van der Waals surface area contributed by atoms with E-state index < -0.39 is 6.10 Å². The average molecular weight is 728 g/mol. The number of ketones is 1. The van der Waals surface area contributed by atoms with Gasteiger partial charge in [-0.25, -0.2) is 0 Å². The molecule has 0 heterocycles. The predicted molar refractivity (Wildman–Crippen MR) is 224 cm³/mol. The lowest BCUT2D eigenvalue weighted by atomic mass is 9.93. The fourth-order valence-electron chi connectivity index (χ4n) is 6.98. The standard InChI is InChI=1S/C25H26N2.C25H27NO2/c1-21(18-26)25(17-22-11-5-2-6-12-22)27(19-23-13-7-3-8-14-23)20-24-15-9-4-10-16-24;1-20(27)25(28)24(17-21-11-5-2-6-12-21)26(18-22-13-7-3-8-14-22)19-23-15-9-4-10-16-23/h2-16,21,25H,17,19-20H2,1H3;2-16,24-25,28H,17-19H2,1H3. The van der Waals surface area contributed by atoms with Crippen molar-refractivity contribution in [3.8, 4) is 6.07 Å². The summed E-state index contributed by atoms with van der Waals surface area (Å²) in [6.07, 6.45) is 0.448. The minimum Gasteiger partial charge on any atom is -0.384 e. The van der Waals surface area contributed by atoms with Gasteiger partial charge in [-0.2, -0.15) is 5.26 Å². The molecule has 6 aromatic rings. The first-order chi connectivity index (χ1) is 26.9. The summed E-state index contributed by atoms with van der Waals surface area (Å²) in [5, 5.41) is 20.5. The van der Waals surface area contributed by atoms with Crippen molar-refractivity contribution >= 4 is 5.78 Å². The smallest absolute Gasteiger partial charge is 0.159 e. The predicted octanol–water partition coefficient (Wildman–Crippen LogP) is 9.71. The van der Waals surface area contributed by atoms with Gasteiger partial charge in [-0.3, -0.25) is 14.6 Å². The molecule has 280 valence electrons. The molecule has 0 bridgehead atoms. The first-order valence-corrected chi connectivity index (χ1v) is 19.2. The minimum atomic E-state index is -1.03. The van der Waals surface area contributed by atoms with Crippen LogP contribution in [0.1, 0.15) is 47.2 Å². The van der Waals surface area contributed by atoms with Crippen molar-refractivity contribution in [2.45, 2.75) is 71.1 Å². The number of nitrogens with zero attached hydrogens (tertiary/aromatic N) is 3. The number of rotatable bonds is 17. The number of aliphatic hydroxyl groups is 1. The number of carbonyl (C=O) groups is 1. The first kappa shape index (κ1) is 40.5. The van der Waals surface area contributed by atoms with Crippen LogP contribution in [-0.2, 0) is 43.8 Å². The third-order valence-corrected chi connectivity index (χ3v) is 9.99. The zero-order valence-corrected chi connectivity index (χ0v) is 32.1. The van der Waals surface area contributed by atoms with E-state index >= 15 is 0 Å². The molecule has 0 aromatic heterocycles. The maximum Gasteiger partial charge on any atom is 0.159 e. The molecule has 0 saturated heterocycles. The van der Waals surface area contributed by atoms with Crippen LogP contribution in [0.4, 0.5) is 0 Å². The Bertz CT molecular complexity index is 1900. The Balaban J connectivity index is 0.000000211. The van der Waals surface area contributed by atoms with Crippen LogP contribution in [0.25, 0.3) is 0 Å². The van der Waals surface area contributed by atoms with Gasteiger partial charge in [0.2, 0.25) is 0 Å². The molecule has 0 aliphatic heterocycles. The summed E-state index contributed by atoms with van der Waals surface area (Å²) in [7, 11) is 0. The van der Waals surface area contributed by atoms with Gasteiger partial charge in [-0.1, -0.05) is 182 Å². The zero-order chi connectivity index (χ0) is 38.7. The monoisotopic (exact) mass is 727 g/mol. The summed E-state index contributed by atoms with van der Waals surface area (Å²) < 4.78 is 0. The lowest BCUT2D eigenvalue weighted by molar-refractivity contribution is -0.128. The van der Waals surface area contributed by atoms with E-state index in [9.17, 15) is 15.2 Å². The molecule has 0 spiro atoms. The van der Waals surface area contributed by atoms with Crippen molar-refractivity contribution in [2.75, 3.05) is 0 Å². The minimum absolute atomic E-state index is 0.0577. The molecule has 0 radical (unpaired) electrons. The first-order valence-electron chi connectivity index (χ1n) is 19.2. The fraction of sp³-hybridized carbons (Fsp3) is 0.240. The summed E-state index contributed by atoms with van der Waals surface area (Å²) >= 11 is 0. The van der Waals surface area contributed by atoms with Crippen molar-refractivity contribution < 1.29 is 9.90 Å². The number of hydrogen-bond acceptors (Lipinski definition) is 5. The van der Waals surface area contributed by atoms with Crippen LogP contribution in [0, 0.1) is 17.2 Å². The van der Waals surface area contributed by atoms with Gasteiger partial charge in [-0.05, 0) is 60.1 Å². The van der Waals surface area contributed by atoms with Gasteiger partial charge in [0, 0.05) is 38.3 Å². The van der Waals surface area contributed by atoms with Crippen molar-refractivity contribution in [3.05, 3.63) is 215 Å². The molecule has 0 aliphatic carbocycles. The molecule has 0 aliphatic rings. The Kier molecular flexibility index (Phi) is 16.2. The van der Waals surface area contributed by atoms with Crippen LogP contribution in [0.15, 0.2) is 182 Å². The quantitative estimate of drug-likeness (QED) is 0.101. The highest BCUT2D eigenvalue weighted by atomic mass is 16.3. The Morgan fingerprint density at radius 3 is 1.02 bits per heavy atom. The Labute approximate surface area is 328 Å². The van der Waals surface area contributed by atoms with E-state index in [1.54, 1.807) is 0 Å². The summed E-state index contributed by atoms with van der Waals surface area (Å²) in [6, 6.07) is 64.3. The van der Waals surface area contributed by atoms with Gasteiger partial charge < -0.3 is 5.11 Å². The van der Waals surface area contributed by atoms with Gasteiger partial charge in [0.15, 0.2) is 5.78 Å². The van der Waals surface area contributed by atoms with E-state index in [0.717, 1.165) is 36.2 Å². The average Bonchev–Trinajstić information content (AvgIpc) is 3.23. The molecule has 4 atom stereocenters. The number of Topliss-reactive ketones (excluding diaryl/α,β-unsaturated/α-hetero) is 1. The number of nitriles is 1. The maximum absolute atomic E-state index is 12.1. The topological polar surface area (TPSA) is 67.6 Å². The van der Waals surface area contributed by atoms with Crippen LogP contribution in [-0.4, -0.2) is 38.9 Å². The second-order valence-corrected chi connectivity index (χ2v) is 14.2. The molecular formula is C50H53N3O2. The van der Waals surface area contributed by atoms with Crippen molar-refractivity contribution in [1.82, 2.24) is 9.80 Å².